The Kier molecular flexibility index (Phi) is 6.64. The van der Waals surface area contributed by atoms with Crippen LogP contribution in [0.5, 0.6) is 0 Å². The summed E-state index contributed by atoms with van der Waals surface area (Å²) < 4.78 is 0. The number of carbonyl (C=O) groups is 2. The molecule has 2 rings (SSSR count). The van der Waals surface area contributed by atoms with E-state index in [4.69, 9.17) is 5.26 Å². The highest BCUT2D eigenvalue weighted by atomic mass is 16.2. The van der Waals surface area contributed by atoms with Gasteiger partial charge in [-0.25, -0.2) is 0 Å². The third kappa shape index (κ3) is 4.42. The van der Waals surface area contributed by atoms with Gasteiger partial charge in [-0.1, -0.05) is 24.6 Å². The summed E-state index contributed by atoms with van der Waals surface area (Å²) in [5, 5.41) is 11.8. The average Bonchev–Trinajstić information content (AvgIpc) is 3.11. The van der Waals surface area contributed by atoms with Gasteiger partial charge >= 0.3 is 0 Å². The van der Waals surface area contributed by atoms with Crippen molar-refractivity contribution in [1.29, 1.82) is 5.26 Å². The number of Topliss-reactive ketones (excluding diaryl/α,β-unsaturated/α-hetero) is 1. The molecule has 2 atom stereocenters. The van der Waals surface area contributed by atoms with Gasteiger partial charge in [-0.15, -0.1) is 0 Å². The first kappa shape index (κ1) is 18.6. The van der Waals surface area contributed by atoms with E-state index in [2.05, 4.69) is 16.4 Å². The SMILES string of the molecule is C/C=C\c1cnccc1/C(=C\C)C(=O)NCC(=O)C1CCCC1C#N. The van der Waals surface area contributed by atoms with Crippen molar-refractivity contribution < 1.29 is 9.59 Å². The van der Waals surface area contributed by atoms with Crippen LogP contribution in [-0.4, -0.2) is 23.2 Å². The van der Waals surface area contributed by atoms with Gasteiger partial charge < -0.3 is 5.32 Å². The summed E-state index contributed by atoms with van der Waals surface area (Å²) in [6.45, 7) is 3.65. The number of aromatic nitrogens is 1. The van der Waals surface area contributed by atoms with Crippen molar-refractivity contribution >= 4 is 23.3 Å². The van der Waals surface area contributed by atoms with E-state index >= 15 is 0 Å². The monoisotopic (exact) mass is 337 g/mol. The number of pyridine rings is 1. The highest BCUT2D eigenvalue weighted by molar-refractivity contribution is 6.20. The quantitative estimate of drug-likeness (QED) is 0.808. The number of nitriles is 1. The molecular formula is C20H23N3O2. The molecule has 1 amide bonds. The summed E-state index contributed by atoms with van der Waals surface area (Å²) in [5.41, 5.74) is 2.13. The van der Waals surface area contributed by atoms with Gasteiger partial charge in [0.1, 0.15) is 0 Å². The van der Waals surface area contributed by atoms with Crippen molar-refractivity contribution in [2.45, 2.75) is 33.1 Å². The van der Waals surface area contributed by atoms with Gasteiger partial charge in [0.2, 0.25) is 0 Å². The van der Waals surface area contributed by atoms with E-state index in [1.807, 2.05) is 19.1 Å². The lowest BCUT2D eigenvalue weighted by Crippen LogP contribution is -2.34. The van der Waals surface area contributed by atoms with Crippen LogP contribution in [0, 0.1) is 23.2 Å². The fraction of sp³-hybridized carbons (Fsp3) is 0.400. The second-order valence-electron chi connectivity index (χ2n) is 6.09. The molecule has 1 aromatic rings. The Morgan fingerprint density at radius 2 is 2.20 bits per heavy atom. The van der Waals surface area contributed by atoms with Crippen LogP contribution in [0.4, 0.5) is 0 Å². The zero-order valence-electron chi connectivity index (χ0n) is 14.7. The molecule has 1 heterocycles. The molecule has 2 unspecified atom stereocenters. The summed E-state index contributed by atoms with van der Waals surface area (Å²) in [4.78, 5) is 29.0. The Morgan fingerprint density at radius 3 is 2.88 bits per heavy atom. The maximum atomic E-state index is 12.6. The van der Waals surface area contributed by atoms with Crippen molar-refractivity contribution in [2.75, 3.05) is 6.54 Å². The second-order valence-corrected chi connectivity index (χ2v) is 6.09. The van der Waals surface area contributed by atoms with Crippen LogP contribution in [0.3, 0.4) is 0 Å². The number of hydrogen-bond acceptors (Lipinski definition) is 4. The normalized spacial score (nSPS) is 20.4. The number of nitrogens with zero attached hydrogens (tertiary/aromatic N) is 2. The van der Waals surface area contributed by atoms with E-state index in [9.17, 15) is 9.59 Å². The van der Waals surface area contributed by atoms with Crippen LogP contribution in [0.25, 0.3) is 11.6 Å². The highest BCUT2D eigenvalue weighted by Crippen LogP contribution is 2.31. The van der Waals surface area contributed by atoms with Crippen LogP contribution < -0.4 is 5.32 Å². The summed E-state index contributed by atoms with van der Waals surface area (Å²) in [6, 6.07) is 3.99. The van der Waals surface area contributed by atoms with Crippen molar-refractivity contribution in [3.63, 3.8) is 0 Å². The van der Waals surface area contributed by atoms with Gasteiger partial charge in [0, 0.05) is 29.4 Å². The first-order chi connectivity index (χ1) is 12.1. The molecule has 0 radical (unpaired) electrons. The molecule has 1 N–H and O–H groups in total. The minimum atomic E-state index is -0.292. The van der Waals surface area contributed by atoms with E-state index < -0.39 is 0 Å². The molecule has 1 aromatic heterocycles. The van der Waals surface area contributed by atoms with Crippen LogP contribution in [0.2, 0.25) is 0 Å². The van der Waals surface area contributed by atoms with Crippen LogP contribution >= 0.6 is 0 Å². The van der Waals surface area contributed by atoms with E-state index in [1.54, 1.807) is 31.5 Å². The van der Waals surface area contributed by atoms with E-state index in [-0.39, 0.29) is 30.1 Å². The van der Waals surface area contributed by atoms with Gasteiger partial charge in [-0.3, -0.25) is 14.6 Å². The van der Waals surface area contributed by atoms with Crippen molar-refractivity contribution in [1.82, 2.24) is 10.3 Å². The number of allylic oxidation sites excluding steroid dienone is 2. The fourth-order valence-corrected chi connectivity index (χ4v) is 3.27. The fourth-order valence-electron chi connectivity index (χ4n) is 3.27. The molecule has 1 saturated carbocycles. The van der Waals surface area contributed by atoms with Crippen LogP contribution in [0.1, 0.15) is 44.2 Å². The topological polar surface area (TPSA) is 82.8 Å². The second kappa shape index (κ2) is 8.93. The van der Waals surface area contributed by atoms with Gasteiger partial charge in [0.15, 0.2) is 5.78 Å². The maximum Gasteiger partial charge on any atom is 0.251 e. The molecule has 1 aliphatic rings. The van der Waals surface area contributed by atoms with Gasteiger partial charge in [-0.05, 0) is 38.3 Å². The molecular weight excluding hydrogens is 314 g/mol. The Hall–Kier alpha value is -2.74. The van der Waals surface area contributed by atoms with Crippen molar-refractivity contribution in [3.05, 3.63) is 41.7 Å². The molecule has 0 spiro atoms. The Bertz CT molecular complexity index is 744. The van der Waals surface area contributed by atoms with Gasteiger partial charge in [0.25, 0.3) is 5.91 Å². The number of carbonyl (C=O) groups excluding carboxylic acids is 2. The molecule has 0 bridgehead atoms. The predicted octanol–water partition coefficient (Wildman–Crippen LogP) is 3.14. The van der Waals surface area contributed by atoms with E-state index in [0.717, 1.165) is 30.4 Å². The van der Waals surface area contributed by atoms with E-state index in [1.165, 1.54) is 0 Å². The Balaban J connectivity index is 2.07. The zero-order chi connectivity index (χ0) is 18.2. The predicted molar refractivity (Wildman–Crippen MR) is 97.1 cm³/mol. The van der Waals surface area contributed by atoms with Crippen molar-refractivity contribution in [2.24, 2.45) is 11.8 Å². The largest absolute Gasteiger partial charge is 0.345 e. The lowest BCUT2D eigenvalue weighted by atomic mass is 9.93. The third-order valence-corrected chi connectivity index (χ3v) is 4.54. The summed E-state index contributed by atoms with van der Waals surface area (Å²) in [6.07, 6.45) is 11.2. The molecule has 5 nitrogen and oxygen atoms in total. The van der Waals surface area contributed by atoms with Gasteiger partial charge in [0.05, 0.1) is 18.5 Å². The minimum absolute atomic E-state index is 0.0386. The number of rotatable bonds is 6. The minimum Gasteiger partial charge on any atom is -0.345 e. The van der Waals surface area contributed by atoms with Crippen LogP contribution in [0.15, 0.2) is 30.6 Å². The first-order valence-corrected chi connectivity index (χ1v) is 8.56. The Morgan fingerprint density at radius 1 is 1.40 bits per heavy atom. The first-order valence-electron chi connectivity index (χ1n) is 8.56. The lowest BCUT2D eigenvalue weighted by Gasteiger charge is -2.14. The molecule has 0 aromatic carbocycles. The summed E-state index contributed by atoms with van der Waals surface area (Å²) in [7, 11) is 0. The Labute approximate surface area is 148 Å². The third-order valence-electron chi connectivity index (χ3n) is 4.54. The standard InChI is InChI=1S/C20H23N3O2/c1-3-6-15-12-22-10-9-17(15)16(4-2)20(25)23-13-19(24)18-8-5-7-14(18)11-21/h3-4,6,9-10,12,14,18H,5,7-8,13H2,1-2H3,(H,23,25)/b6-3-,16-4+. The molecule has 0 aliphatic heterocycles. The van der Waals surface area contributed by atoms with Crippen molar-refractivity contribution in [3.8, 4) is 6.07 Å². The highest BCUT2D eigenvalue weighted by Gasteiger charge is 2.32. The molecule has 0 saturated heterocycles. The van der Waals surface area contributed by atoms with Crippen LogP contribution in [-0.2, 0) is 9.59 Å². The molecule has 130 valence electrons. The summed E-state index contributed by atoms with van der Waals surface area (Å²) >= 11 is 0. The summed E-state index contributed by atoms with van der Waals surface area (Å²) in [5.74, 6) is -0.818. The number of amides is 1. The smallest absolute Gasteiger partial charge is 0.251 e. The number of nitrogens with one attached hydrogen (secondary N) is 1. The lowest BCUT2D eigenvalue weighted by molar-refractivity contribution is -0.125. The maximum absolute atomic E-state index is 12.6. The molecule has 5 heteroatoms. The molecule has 1 fully saturated rings. The zero-order valence-corrected chi connectivity index (χ0v) is 14.7. The number of ketones is 1. The number of hydrogen-bond donors (Lipinski definition) is 1. The van der Waals surface area contributed by atoms with Gasteiger partial charge in [-0.2, -0.15) is 5.26 Å². The van der Waals surface area contributed by atoms with E-state index in [0.29, 0.717) is 5.57 Å². The molecule has 1 aliphatic carbocycles. The molecule has 25 heavy (non-hydrogen) atoms. The average molecular weight is 337 g/mol.